The van der Waals surface area contributed by atoms with Crippen LogP contribution in [-0.4, -0.2) is 54.4 Å². The first-order chi connectivity index (χ1) is 15.7. The van der Waals surface area contributed by atoms with E-state index in [2.05, 4.69) is 36.8 Å². The number of aromatic nitrogens is 3. The highest BCUT2D eigenvalue weighted by Gasteiger charge is 2.37. The van der Waals surface area contributed by atoms with Gasteiger partial charge in [-0.3, -0.25) is 9.89 Å². The van der Waals surface area contributed by atoms with E-state index in [0.717, 1.165) is 31.9 Å². The predicted octanol–water partition coefficient (Wildman–Crippen LogP) is 3.31. The van der Waals surface area contributed by atoms with Crippen molar-refractivity contribution in [2.24, 2.45) is 5.41 Å². The highest BCUT2D eigenvalue weighted by atomic mass is 16.5. The summed E-state index contributed by atoms with van der Waals surface area (Å²) in [4.78, 5) is 19.7. The van der Waals surface area contributed by atoms with Crippen LogP contribution in [-0.2, 0) is 0 Å². The van der Waals surface area contributed by atoms with Gasteiger partial charge < -0.3 is 20.3 Å². The third kappa shape index (κ3) is 4.05. The fraction of sp³-hybridized carbons (Fsp3) is 0.375. The lowest BCUT2D eigenvalue weighted by Crippen LogP contribution is -2.41. The number of rotatable bonds is 5. The summed E-state index contributed by atoms with van der Waals surface area (Å²) in [6.07, 6.45) is 5.42. The van der Waals surface area contributed by atoms with Crippen LogP contribution in [0.5, 0.6) is 5.75 Å². The number of ether oxygens (including phenoxy) is 1. The molecule has 0 radical (unpaired) electrons. The minimum absolute atomic E-state index is 0.290. The van der Waals surface area contributed by atoms with Gasteiger partial charge >= 0.3 is 0 Å². The number of benzene rings is 1. The molecular formula is C24H28N6O2. The Labute approximate surface area is 187 Å². The molecular weight excluding hydrogens is 404 g/mol. The molecule has 0 atom stereocenters. The van der Waals surface area contributed by atoms with Crippen molar-refractivity contribution in [2.75, 3.05) is 43.5 Å². The van der Waals surface area contributed by atoms with Crippen LogP contribution < -0.4 is 20.3 Å². The number of nitrogens with one attached hydrogen (secondary N) is 3. The first-order valence-electron chi connectivity index (χ1n) is 11.1. The van der Waals surface area contributed by atoms with Crippen molar-refractivity contribution in [2.45, 2.75) is 19.3 Å². The standard InChI is InChI=1S/C24H28N6O2/c1-32-22-15-17(30-13-9-24(10-14-30)8-12-25-16-24)5-6-20(22)28-23(31)21-4-2-3-18(27-21)19-7-11-26-29-19/h2-7,11,15,25H,8-10,12-14,16H2,1H3,(H,26,29)(H,28,31). The number of anilines is 2. The first-order valence-corrected chi connectivity index (χ1v) is 11.1. The summed E-state index contributed by atoms with van der Waals surface area (Å²) in [6, 6.07) is 13.1. The van der Waals surface area contributed by atoms with Crippen LogP contribution in [0.15, 0.2) is 48.7 Å². The molecule has 0 saturated carbocycles. The quantitative estimate of drug-likeness (QED) is 0.573. The number of hydrogen-bond donors (Lipinski definition) is 3. The highest BCUT2D eigenvalue weighted by Crippen LogP contribution is 2.39. The Morgan fingerprint density at radius 2 is 2.00 bits per heavy atom. The summed E-state index contributed by atoms with van der Waals surface area (Å²) in [5.41, 5.74) is 3.88. The van der Waals surface area contributed by atoms with Gasteiger partial charge in [-0.25, -0.2) is 4.98 Å². The number of aromatic amines is 1. The summed E-state index contributed by atoms with van der Waals surface area (Å²) in [6.45, 7) is 4.37. The van der Waals surface area contributed by atoms with Crippen molar-refractivity contribution < 1.29 is 9.53 Å². The normalized spacial score (nSPS) is 17.5. The third-order valence-electron chi connectivity index (χ3n) is 6.70. The minimum atomic E-state index is -0.290. The van der Waals surface area contributed by atoms with E-state index in [1.165, 1.54) is 19.3 Å². The van der Waals surface area contributed by atoms with Gasteiger partial charge in [-0.2, -0.15) is 5.10 Å². The number of amides is 1. The van der Waals surface area contributed by atoms with E-state index in [9.17, 15) is 4.79 Å². The topological polar surface area (TPSA) is 95.2 Å². The van der Waals surface area contributed by atoms with Gasteiger partial charge in [-0.15, -0.1) is 0 Å². The Balaban J connectivity index is 1.29. The van der Waals surface area contributed by atoms with Gasteiger partial charge in [0.15, 0.2) is 0 Å². The Morgan fingerprint density at radius 1 is 1.12 bits per heavy atom. The minimum Gasteiger partial charge on any atom is -0.494 e. The Bertz CT molecular complexity index is 1080. The van der Waals surface area contributed by atoms with Crippen LogP contribution in [0.25, 0.3) is 11.4 Å². The lowest BCUT2D eigenvalue weighted by atomic mass is 9.78. The van der Waals surface area contributed by atoms with Gasteiger partial charge in [-0.05, 0) is 61.6 Å². The van der Waals surface area contributed by atoms with E-state index in [-0.39, 0.29) is 5.91 Å². The molecule has 4 heterocycles. The fourth-order valence-electron chi connectivity index (χ4n) is 4.73. The van der Waals surface area contributed by atoms with Gasteiger partial charge in [-0.1, -0.05) is 6.07 Å². The number of nitrogens with zero attached hydrogens (tertiary/aromatic N) is 3. The summed E-state index contributed by atoms with van der Waals surface area (Å²) in [5, 5.41) is 13.3. The van der Waals surface area contributed by atoms with Crippen LogP contribution in [0.2, 0.25) is 0 Å². The van der Waals surface area contributed by atoms with Crippen LogP contribution in [0.1, 0.15) is 29.8 Å². The Kier molecular flexibility index (Phi) is 5.53. The third-order valence-corrected chi connectivity index (χ3v) is 6.70. The van der Waals surface area contributed by atoms with Crippen LogP contribution in [0, 0.1) is 5.41 Å². The molecule has 5 rings (SSSR count). The smallest absolute Gasteiger partial charge is 0.274 e. The molecule has 0 bridgehead atoms. The molecule has 2 aliphatic rings. The number of piperidine rings is 1. The van der Waals surface area contributed by atoms with E-state index >= 15 is 0 Å². The molecule has 1 spiro atoms. The van der Waals surface area contributed by atoms with Crippen molar-refractivity contribution in [1.29, 1.82) is 0 Å². The van der Waals surface area contributed by atoms with Gasteiger partial charge in [0.2, 0.25) is 0 Å². The second kappa shape index (κ2) is 8.63. The van der Waals surface area contributed by atoms with E-state index in [1.54, 1.807) is 25.4 Å². The van der Waals surface area contributed by atoms with Gasteiger partial charge in [0.1, 0.15) is 17.1 Å². The maximum Gasteiger partial charge on any atom is 0.274 e. The maximum atomic E-state index is 12.9. The molecule has 8 heteroatoms. The second-order valence-corrected chi connectivity index (χ2v) is 8.62. The molecule has 1 amide bonds. The van der Waals surface area contributed by atoms with Crippen molar-refractivity contribution >= 4 is 17.3 Å². The SMILES string of the molecule is COc1cc(N2CCC3(CCNC3)CC2)ccc1NC(=O)c1cccc(-c2cc[nH]n2)n1. The molecule has 2 aliphatic heterocycles. The maximum absolute atomic E-state index is 12.9. The van der Waals surface area contributed by atoms with Crippen LogP contribution >= 0.6 is 0 Å². The summed E-state index contributed by atoms with van der Waals surface area (Å²) in [7, 11) is 1.63. The first kappa shape index (κ1) is 20.5. The Morgan fingerprint density at radius 3 is 2.72 bits per heavy atom. The number of carbonyl (C=O) groups is 1. The van der Waals surface area contributed by atoms with Crippen molar-refractivity contribution in [3.63, 3.8) is 0 Å². The average molecular weight is 433 g/mol. The molecule has 32 heavy (non-hydrogen) atoms. The van der Waals surface area contributed by atoms with Crippen LogP contribution in [0.3, 0.4) is 0 Å². The number of pyridine rings is 1. The predicted molar refractivity (Wildman–Crippen MR) is 124 cm³/mol. The fourth-order valence-corrected chi connectivity index (χ4v) is 4.73. The molecule has 2 fully saturated rings. The largest absolute Gasteiger partial charge is 0.494 e. The van der Waals surface area contributed by atoms with Crippen molar-refractivity contribution in [3.8, 4) is 17.1 Å². The summed E-state index contributed by atoms with van der Waals surface area (Å²) < 4.78 is 5.60. The molecule has 2 saturated heterocycles. The molecule has 0 aliphatic carbocycles. The van der Waals surface area contributed by atoms with Gasteiger partial charge in [0.05, 0.1) is 18.5 Å². The number of carbonyl (C=O) groups excluding carboxylic acids is 1. The molecule has 2 aromatic heterocycles. The van der Waals surface area contributed by atoms with E-state index < -0.39 is 0 Å². The summed E-state index contributed by atoms with van der Waals surface area (Å²) >= 11 is 0. The van der Waals surface area contributed by atoms with Crippen molar-refractivity contribution in [1.82, 2.24) is 20.5 Å². The number of methoxy groups -OCH3 is 1. The monoisotopic (exact) mass is 432 g/mol. The molecule has 1 aromatic carbocycles. The zero-order chi connectivity index (χ0) is 22.0. The highest BCUT2D eigenvalue weighted by molar-refractivity contribution is 6.04. The van der Waals surface area contributed by atoms with E-state index in [0.29, 0.717) is 33.9 Å². The zero-order valence-corrected chi connectivity index (χ0v) is 18.2. The van der Waals surface area contributed by atoms with Gasteiger partial charge in [0, 0.05) is 37.6 Å². The molecule has 3 N–H and O–H groups in total. The molecule has 166 valence electrons. The summed E-state index contributed by atoms with van der Waals surface area (Å²) in [5.74, 6) is 0.351. The number of hydrogen-bond acceptors (Lipinski definition) is 6. The van der Waals surface area contributed by atoms with Crippen LogP contribution in [0.4, 0.5) is 11.4 Å². The Hall–Kier alpha value is -3.39. The second-order valence-electron chi connectivity index (χ2n) is 8.62. The molecule has 0 unspecified atom stereocenters. The lowest BCUT2D eigenvalue weighted by molar-refractivity contribution is 0.102. The van der Waals surface area contributed by atoms with Crippen molar-refractivity contribution in [3.05, 3.63) is 54.4 Å². The number of H-pyrrole nitrogens is 1. The zero-order valence-electron chi connectivity index (χ0n) is 18.2. The molecule has 8 nitrogen and oxygen atoms in total. The lowest BCUT2D eigenvalue weighted by Gasteiger charge is -2.40. The van der Waals surface area contributed by atoms with Gasteiger partial charge in [0.25, 0.3) is 5.91 Å². The average Bonchev–Trinajstić information content (AvgIpc) is 3.53. The van der Waals surface area contributed by atoms with E-state index in [4.69, 9.17) is 4.74 Å². The molecule has 3 aromatic rings. The van der Waals surface area contributed by atoms with E-state index in [1.807, 2.05) is 24.3 Å².